The van der Waals surface area contributed by atoms with Gasteiger partial charge in [0.1, 0.15) is 17.4 Å². The van der Waals surface area contributed by atoms with Gasteiger partial charge in [-0.25, -0.2) is 9.97 Å². The number of hydrogen-bond acceptors (Lipinski definition) is 6. The summed E-state index contributed by atoms with van der Waals surface area (Å²) in [7, 11) is 2.16. The molecular weight excluding hydrogens is 314 g/mol. The summed E-state index contributed by atoms with van der Waals surface area (Å²) in [4.78, 5) is 14.0. The Kier molecular flexibility index (Phi) is 3.73. The predicted molar refractivity (Wildman–Crippen MR) is 94.6 cm³/mol. The summed E-state index contributed by atoms with van der Waals surface area (Å²) in [6, 6.07) is 4.69. The number of aromatic nitrogens is 3. The Morgan fingerprint density at radius 2 is 2.04 bits per heavy atom. The third-order valence-electron chi connectivity index (χ3n) is 5.70. The molecule has 2 aromatic heterocycles. The van der Waals surface area contributed by atoms with Gasteiger partial charge in [-0.2, -0.15) is 0 Å². The summed E-state index contributed by atoms with van der Waals surface area (Å²) in [5, 5.41) is 4.26. The number of likely N-dealkylation sites (N-methyl/N-ethyl adjacent to an activating group) is 1. The van der Waals surface area contributed by atoms with Gasteiger partial charge in [0, 0.05) is 56.8 Å². The van der Waals surface area contributed by atoms with Crippen molar-refractivity contribution in [2.24, 2.45) is 0 Å². The third-order valence-corrected chi connectivity index (χ3v) is 5.70. The molecule has 0 aromatic carbocycles. The van der Waals surface area contributed by atoms with Crippen molar-refractivity contribution >= 4 is 5.82 Å². The van der Waals surface area contributed by atoms with Gasteiger partial charge in [0.25, 0.3) is 0 Å². The van der Waals surface area contributed by atoms with E-state index in [4.69, 9.17) is 9.51 Å². The first kappa shape index (κ1) is 15.3. The van der Waals surface area contributed by atoms with E-state index in [-0.39, 0.29) is 0 Å². The highest BCUT2D eigenvalue weighted by Gasteiger charge is 2.31. The van der Waals surface area contributed by atoms with Crippen LogP contribution in [-0.4, -0.2) is 46.2 Å². The smallest absolute Gasteiger partial charge is 0.140 e. The first-order chi connectivity index (χ1) is 12.3. The lowest BCUT2D eigenvalue weighted by Crippen LogP contribution is -2.35. The topological polar surface area (TPSA) is 58.3 Å². The molecule has 2 aliphatic carbocycles. The van der Waals surface area contributed by atoms with E-state index in [0.29, 0.717) is 17.9 Å². The summed E-state index contributed by atoms with van der Waals surface area (Å²) in [5.41, 5.74) is 1.07. The molecule has 3 aliphatic rings. The van der Waals surface area contributed by atoms with Crippen LogP contribution in [0.15, 0.2) is 22.9 Å². The molecule has 2 saturated carbocycles. The Bertz CT molecular complexity index is 752. The lowest BCUT2D eigenvalue weighted by Gasteiger charge is -2.26. The summed E-state index contributed by atoms with van der Waals surface area (Å²) in [6.07, 6.45) is 8.07. The molecule has 2 aromatic rings. The Hall–Kier alpha value is -1.95. The Balaban J connectivity index is 1.21. The van der Waals surface area contributed by atoms with Crippen LogP contribution in [0.2, 0.25) is 0 Å². The molecule has 0 radical (unpaired) electrons. The number of anilines is 1. The predicted octanol–water partition coefficient (Wildman–Crippen LogP) is 2.93. The van der Waals surface area contributed by atoms with Gasteiger partial charge in [0.15, 0.2) is 0 Å². The average molecular weight is 339 g/mol. The minimum Gasteiger partial charge on any atom is -0.361 e. The van der Waals surface area contributed by atoms with Gasteiger partial charge >= 0.3 is 0 Å². The van der Waals surface area contributed by atoms with Crippen molar-refractivity contribution in [2.75, 3.05) is 25.0 Å². The van der Waals surface area contributed by atoms with Crippen molar-refractivity contribution in [3.63, 3.8) is 0 Å². The van der Waals surface area contributed by atoms with Crippen LogP contribution in [0, 0.1) is 0 Å². The van der Waals surface area contributed by atoms with Crippen molar-refractivity contribution in [1.82, 2.24) is 20.0 Å². The van der Waals surface area contributed by atoms with E-state index in [1.54, 1.807) is 0 Å². The maximum absolute atomic E-state index is 5.48. The Morgan fingerprint density at radius 3 is 2.84 bits per heavy atom. The van der Waals surface area contributed by atoms with E-state index in [1.165, 1.54) is 25.7 Å². The van der Waals surface area contributed by atoms with E-state index in [9.17, 15) is 0 Å². The van der Waals surface area contributed by atoms with E-state index >= 15 is 0 Å². The van der Waals surface area contributed by atoms with Crippen LogP contribution in [0.4, 0.5) is 5.82 Å². The second kappa shape index (κ2) is 6.09. The van der Waals surface area contributed by atoms with Gasteiger partial charge in [0.05, 0.1) is 5.69 Å². The zero-order valence-corrected chi connectivity index (χ0v) is 14.8. The maximum atomic E-state index is 5.48. The molecule has 6 heteroatoms. The zero-order valence-electron chi connectivity index (χ0n) is 14.8. The molecule has 25 heavy (non-hydrogen) atoms. The van der Waals surface area contributed by atoms with Crippen LogP contribution < -0.4 is 4.90 Å². The molecular formula is C19H25N5O. The molecule has 132 valence electrons. The van der Waals surface area contributed by atoms with Crippen molar-refractivity contribution < 1.29 is 4.52 Å². The molecule has 1 saturated heterocycles. The highest BCUT2D eigenvalue weighted by atomic mass is 16.5. The summed E-state index contributed by atoms with van der Waals surface area (Å²) >= 11 is 0. The largest absolute Gasteiger partial charge is 0.361 e. The SMILES string of the molecule is CN(c1ccnc(C2CC2)n1)C1CCN(Cc2cc(C3CC3)on2)C1. The highest BCUT2D eigenvalue weighted by Crippen LogP contribution is 2.40. The second-order valence-electron chi connectivity index (χ2n) is 7.83. The average Bonchev–Trinajstić information content (AvgIpc) is 3.57. The number of rotatable bonds is 6. The van der Waals surface area contributed by atoms with Crippen molar-refractivity contribution in [1.29, 1.82) is 0 Å². The zero-order chi connectivity index (χ0) is 16.8. The fourth-order valence-electron chi connectivity index (χ4n) is 3.75. The summed E-state index contributed by atoms with van der Waals surface area (Å²) < 4.78 is 5.48. The van der Waals surface area contributed by atoms with Crippen molar-refractivity contribution in [3.05, 3.63) is 35.6 Å². The number of likely N-dealkylation sites (tertiary alicyclic amines) is 1. The van der Waals surface area contributed by atoms with Crippen LogP contribution in [0.5, 0.6) is 0 Å². The monoisotopic (exact) mass is 339 g/mol. The fourth-order valence-corrected chi connectivity index (χ4v) is 3.75. The first-order valence-electron chi connectivity index (χ1n) is 9.50. The molecule has 0 amide bonds. The van der Waals surface area contributed by atoms with Crippen LogP contribution in [0.1, 0.15) is 61.2 Å². The van der Waals surface area contributed by atoms with Gasteiger partial charge < -0.3 is 9.42 Å². The standard InChI is InChI=1S/C19H25N5O/c1-23(18-6-8-20-19(21-18)14-4-5-14)16-7-9-24(12-16)11-15-10-17(25-22-15)13-2-3-13/h6,8,10,13-14,16H,2-5,7,9,11-12H2,1H3. The van der Waals surface area contributed by atoms with Gasteiger partial charge in [-0.1, -0.05) is 5.16 Å². The molecule has 0 spiro atoms. The normalized spacial score (nSPS) is 24.0. The molecule has 1 atom stereocenters. The summed E-state index contributed by atoms with van der Waals surface area (Å²) in [6.45, 7) is 3.03. The van der Waals surface area contributed by atoms with Crippen molar-refractivity contribution in [2.45, 2.75) is 56.5 Å². The lowest BCUT2D eigenvalue weighted by atomic mass is 10.2. The van der Waals surface area contributed by atoms with E-state index in [1.807, 2.05) is 12.3 Å². The molecule has 6 nitrogen and oxygen atoms in total. The second-order valence-corrected chi connectivity index (χ2v) is 7.83. The van der Waals surface area contributed by atoms with Gasteiger partial charge in [0.2, 0.25) is 0 Å². The first-order valence-corrected chi connectivity index (χ1v) is 9.50. The summed E-state index contributed by atoms with van der Waals surface area (Å²) in [5.74, 6) is 4.39. The minimum absolute atomic E-state index is 0.497. The molecule has 3 fully saturated rings. The Morgan fingerprint density at radius 1 is 1.20 bits per heavy atom. The molecule has 0 bridgehead atoms. The lowest BCUT2D eigenvalue weighted by molar-refractivity contribution is 0.306. The molecule has 5 rings (SSSR count). The number of nitrogens with zero attached hydrogens (tertiary/aromatic N) is 5. The van der Waals surface area contributed by atoms with Crippen LogP contribution >= 0.6 is 0 Å². The molecule has 3 heterocycles. The number of hydrogen-bond donors (Lipinski definition) is 0. The third kappa shape index (κ3) is 3.27. The van der Waals surface area contributed by atoms with Crippen molar-refractivity contribution in [3.8, 4) is 0 Å². The minimum atomic E-state index is 0.497. The molecule has 1 aliphatic heterocycles. The highest BCUT2D eigenvalue weighted by molar-refractivity contribution is 5.39. The maximum Gasteiger partial charge on any atom is 0.140 e. The molecule has 1 unspecified atom stereocenters. The quantitative estimate of drug-likeness (QED) is 0.806. The van der Waals surface area contributed by atoms with E-state index < -0.39 is 0 Å². The fraction of sp³-hybridized carbons (Fsp3) is 0.632. The Labute approximate surface area is 148 Å². The molecule has 0 N–H and O–H groups in total. The van der Waals surface area contributed by atoms with Crippen LogP contribution in [0.3, 0.4) is 0 Å². The van der Waals surface area contributed by atoms with Crippen LogP contribution in [0.25, 0.3) is 0 Å². The van der Waals surface area contributed by atoms with Gasteiger partial charge in [-0.3, -0.25) is 4.90 Å². The van der Waals surface area contributed by atoms with Gasteiger partial charge in [-0.05, 0) is 38.2 Å². The van der Waals surface area contributed by atoms with E-state index in [2.05, 4.69) is 33.1 Å². The van der Waals surface area contributed by atoms with E-state index in [0.717, 1.165) is 49.2 Å². The van der Waals surface area contributed by atoms with Crippen LogP contribution in [-0.2, 0) is 6.54 Å². The van der Waals surface area contributed by atoms with Gasteiger partial charge in [-0.15, -0.1) is 0 Å².